The summed E-state index contributed by atoms with van der Waals surface area (Å²) in [4.78, 5) is 19.8. The molecule has 0 spiro atoms. The Kier molecular flexibility index (Phi) is 6.94. The monoisotopic (exact) mass is 367 g/mol. The van der Waals surface area contributed by atoms with Crippen LogP contribution in [-0.4, -0.2) is 98.4 Å². The van der Waals surface area contributed by atoms with Crippen LogP contribution < -0.4 is 0 Å². The Morgan fingerprint density at radius 1 is 1.00 bits per heavy atom. The highest BCUT2D eigenvalue weighted by atomic mass is 16.5. The molecule has 26 heavy (non-hydrogen) atoms. The second-order valence-corrected chi connectivity index (χ2v) is 9.23. The normalized spacial score (nSPS) is 24.1. The summed E-state index contributed by atoms with van der Waals surface area (Å²) in [6, 6.07) is 1.15. The van der Waals surface area contributed by atoms with Crippen LogP contribution in [0.4, 0.5) is 0 Å². The van der Waals surface area contributed by atoms with E-state index in [1.807, 2.05) is 0 Å². The van der Waals surface area contributed by atoms with Gasteiger partial charge in [0.05, 0.1) is 32.5 Å². The van der Waals surface area contributed by atoms with Crippen LogP contribution in [0.3, 0.4) is 0 Å². The van der Waals surface area contributed by atoms with Crippen molar-refractivity contribution < 1.29 is 14.3 Å². The van der Waals surface area contributed by atoms with Crippen molar-refractivity contribution in [1.29, 1.82) is 0 Å². The average Bonchev–Trinajstić information content (AvgIpc) is 2.56. The number of hydrogen-bond acceptors (Lipinski definition) is 5. The van der Waals surface area contributed by atoms with Gasteiger partial charge in [-0.1, -0.05) is 20.8 Å². The largest absolute Gasteiger partial charge is 0.379 e. The molecule has 0 N–H and O–H groups in total. The van der Waals surface area contributed by atoms with Gasteiger partial charge in [-0.25, -0.2) is 0 Å². The molecule has 3 saturated heterocycles. The summed E-state index contributed by atoms with van der Waals surface area (Å²) < 4.78 is 10.9. The fourth-order valence-corrected chi connectivity index (χ4v) is 4.17. The molecule has 0 bridgehead atoms. The van der Waals surface area contributed by atoms with Crippen molar-refractivity contribution in [3.63, 3.8) is 0 Å². The minimum Gasteiger partial charge on any atom is -0.379 e. The molecule has 0 aromatic carbocycles. The summed E-state index contributed by atoms with van der Waals surface area (Å²) >= 11 is 0. The first-order chi connectivity index (χ1) is 12.4. The minimum atomic E-state index is 0.0708. The minimum absolute atomic E-state index is 0.0708. The topological polar surface area (TPSA) is 45.3 Å². The van der Waals surface area contributed by atoms with Gasteiger partial charge in [-0.05, 0) is 18.3 Å². The fourth-order valence-electron chi connectivity index (χ4n) is 4.17. The zero-order valence-corrected chi connectivity index (χ0v) is 16.9. The number of ether oxygens (including phenoxy) is 2. The summed E-state index contributed by atoms with van der Waals surface area (Å²) in [7, 11) is 0. The summed E-state index contributed by atoms with van der Waals surface area (Å²) in [5.41, 5.74) is 0.0708. The molecule has 0 aromatic heterocycles. The predicted octanol–water partition coefficient (Wildman–Crippen LogP) is 1.45. The summed E-state index contributed by atoms with van der Waals surface area (Å²) in [6.07, 6.45) is 2.83. The van der Waals surface area contributed by atoms with E-state index in [0.29, 0.717) is 24.4 Å². The van der Waals surface area contributed by atoms with Gasteiger partial charge in [0.15, 0.2) is 0 Å². The lowest BCUT2D eigenvalue weighted by molar-refractivity contribution is -0.136. The van der Waals surface area contributed by atoms with Crippen molar-refractivity contribution in [2.75, 3.05) is 65.7 Å². The van der Waals surface area contributed by atoms with Gasteiger partial charge >= 0.3 is 0 Å². The van der Waals surface area contributed by atoms with Crippen molar-refractivity contribution in [2.45, 2.75) is 52.1 Å². The quantitative estimate of drug-likeness (QED) is 0.711. The van der Waals surface area contributed by atoms with E-state index in [1.165, 1.54) is 0 Å². The standard InChI is InChI=1S/C20H37N3O3/c1-20(2,3)14-19(24)22-6-4-17(5-7-22)23(18-15-26-16-18)9-8-21-10-12-25-13-11-21/h17-18H,4-16H2,1-3H3. The number of morpholine rings is 1. The molecule has 6 heteroatoms. The maximum absolute atomic E-state index is 12.5. The summed E-state index contributed by atoms with van der Waals surface area (Å²) in [5, 5.41) is 0. The van der Waals surface area contributed by atoms with Crippen LogP contribution in [0.1, 0.15) is 40.0 Å². The number of likely N-dealkylation sites (tertiary alicyclic amines) is 1. The Bertz CT molecular complexity index is 448. The smallest absolute Gasteiger partial charge is 0.223 e. The number of rotatable bonds is 6. The molecule has 0 unspecified atom stereocenters. The number of hydrogen-bond donors (Lipinski definition) is 0. The molecule has 1 amide bonds. The molecule has 0 radical (unpaired) electrons. The highest BCUT2D eigenvalue weighted by Crippen LogP contribution is 2.25. The van der Waals surface area contributed by atoms with Crippen LogP contribution in [0.15, 0.2) is 0 Å². The third kappa shape index (κ3) is 5.65. The Morgan fingerprint density at radius 2 is 1.65 bits per heavy atom. The van der Waals surface area contributed by atoms with Crippen molar-refractivity contribution in [3.8, 4) is 0 Å². The average molecular weight is 368 g/mol. The van der Waals surface area contributed by atoms with Gasteiger partial charge in [0.1, 0.15) is 0 Å². The van der Waals surface area contributed by atoms with Crippen molar-refractivity contribution in [3.05, 3.63) is 0 Å². The first-order valence-corrected chi connectivity index (χ1v) is 10.3. The summed E-state index contributed by atoms with van der Waals surface area (Å²) in [5.74, 6) is 0.322. The number of nitrogens with zero attached hydrogens (tertiary/aromatic N) is 3. The van der Waals surface area contributed by atoms with E-state index in [9.17, 15) is 4.79 Å². The van der Waals surface area contributed by atoms with E-state index in [-0.39, 0.29) is 5.41 Å². The molecular weight excluding hydrogens is 330 g/mol. The van der Waals surface area contributed by atoms with Gasteiger partial charge in [-0.15, -0.1) is 0 Å². The number of carbonyl (C=O) groups excluding carboxylic acids is 1. The molecule has 6 nitrogen and oxygen atoms in total. The van der Waals surface area contributed by atoms with E-state index in [0.717, 1.165) is 78.5 Å². The molecule has 0 saturated carbocycles. The molecule has 0 aliphatic carbocycles. The Labute approximate surface area is 158 Å². The van der Waals surface area contributed by atoms with Crippen LogP contribution in [0.5, 0.6) is 0 Å². The lowest BCUT2D eigenvalue weighted by atomic mass is 9.91. The predicted molar refractivity (Wildman–Crippen MR) is 102 cm³/mol. The van der Waals surface area contributed by atoms with Crippen molar-refractivity contribution >= 4 is 5.91 Å². The van der Waals surface area contributed by atoms with E-state index in [1.54, 1.807) is 0 Å². The first-order valence-electron chi connectivity index (χ1n) is 10.3. The van der Waals surface area contributed by atoms with Crippen LogP contribution in [-0.2, 0) is 14.3 Å². The maximum Gasteiger partial charge on any atom is 0.223 e. The van der Waals surface area contributed by atoms with Gasteiger partial charge in [0.2, 0.25) is 5.91 Å². The van der Waals surface area contributed by atoms with Gasteiger partial charge in [-0.3, -0.25) is 14.6 Å². The van der Waals surface area contributed by atoms with Gasteiger partial charge in [0.25, 0.3) is 0 Å². The molecule has 0 aromatic rings. The lowest BCUT2D eigenvalue weighted by Gasteiger charge is -2.46. The molecule has 3 fully saturated rings. The second-order valence-electron chi connectivity index (χ2n) is 9.23. The molecule has 3 aliphatic rings. The third-order valence-electron chi connectivity index (χ3n) is 5.84. The van der Waals surface area contributed by atoms with E-state index in [2.05, 4.69) is 35.5 Å². The fraction of sp³-hybridized carbons (Fsp3) is 0.950. The van der Waals surface area contributed by atoms with Crippen LogP contribution >= 0.6 is 0 Å². The van der Waals surface area contributed by atoms with Crippen molar-refractivity contribution in [1.82, 2.24) is 14.7 Å². The van der Waals surface area contributed by atoms with Crippen LogP contribution in [0.2, 0.25) is 0 Å². The van der Waals surface area contributed by atoms with E-state index < -0.39 is 0 Å². The highest BCUT2D eigenvalue weighted by molar-refractivity contribution is 5.76. The van der Waals surface area contributed by atoms with Gasteiger partial charge in [0, 0.05) is 51.7 Å². The summed E-state index contributed by atoms with van der Waals surface area (Å²) in [6.45, 7) is 16.0. The Hall–Kier alpha value is -0.690. The Morgan fingerprint density at radius 3 is 2.19 bits per heavy atom. The molecule has 0 atom stereocenters. The zero-order valence-electron chi connectivity index (χ0n) is 16.9. The number of piperidine rings is 1. The zero-order chi connectivity index (χ0) is 18.6. The number of carbonyl (C=O) groups is 1. The maximum atomic E-state index is 12.5. The third-order valence-corrected chi connectivity index (χ3v) is 5.84. The van der Waals surface area contributed by atoms with Crippen LogP contribution in [0.25, 0.3) is 0 Å². The van der Waals surface area contributed by atoms with Gasteiger partial charge in [-0.2, -0.15) is 0 Å². The molecule has 3 rings (SSSR count). The van der Waals surface area contributed by atoms with Gasteiger partial charge < -0.3 is 14.4 Å². The second kappa shape index (κ2) is 9.00. The lowest BCUT2D eigenvalue weighted by Crippen LogP contribution is -2.58. The van der Waals surface area contributed by atoms with Crippen molar-refractivity contribution in [2.24, 2.45) is 5.41 Å². The molecule has 150 valence electrons. The highest BCUT2D eigenvalue weighted by Gasteiger charge is 2.34. The number of amides is 1. The Balaban J connectivity index is 1.48. The van der Waals surface area contributed by atoms with E-state index >= 15 is 0 Å². The van der Waals surface area contributed by atoms with E-state index in [4.69, 9.17) is 9.47 Å². The molecule has 3 heterocycles. The molecule has 3 aliphatic heterocycles. The van der Waals surface area contributed by atoms with Crippen LogP contribution in [0, 0.1) is 5.41 Å². The molecular formula is C20H37N3O3. The SMILES string of the molecule is CC(C)(C)CC(=O)N1CCC(N(CCN2CCOCC2)C2COC2)CC1. The first kappa shape index (κ1) is 20.1.